The summed E-state index contributed by atoms with van der Waals surface area (Å²) in [5.74, 6) is 1.42. The lowest BCUT2D eigenvalue weighted by Gasteiger charge is -2.20. The summed E-state index contributed by atoms with van der Waals surface area (Å²) in [6.07, 6.45) is 0.921. The van der Waals surface area contributed by atoms with Gasteiger partial charge in [0.25, 0.3) is 5.56 Å². The molecule has 1 aromatic heterocycles. The van der Waals surface area contributed by atoms with Crippen LogP contribution in [0.25, 0.3) is 16.6 Å². The van der Waals surface area contributed by atoms with Crippen LogP contribution in [0.1, 0.15) is 39.1 Å². The monoisotopic (exact) mass is 336 g/mol. The second-order valence-electron chi connectivity index (χ2n) is 6.84. The molecule has 0 amide bonds. The molecule has 4 nitrogen and oxygen atoms in total. The first-order valence-electron chi connectivity index (χ1n) is 9.02. The van der Waals surface area contributed by atoms with Crippen LogP contribution in [0.15, 0.2) is 59.4 Å². The van der Waals surface area contributed by atoms with Gasteiger partial charge in [-0.25, -0.2) is 4.98 Å². The Morgan fingerprint density at radius 2 is 1.72 bits per heavy atom. The van der Waals surface area contributed by atoms with Gasteiger partial charge in [-0.1, -0.05) is 51.1 Å². The molecular formula is C21H26N3O+. The van der Waals surface area contributed by atoms with Crippen LogP contribution in [-0.4, -0.2) is 16.1 Å². The van der Waals surface area contributed by atoms with E-state index in [4.69, 9.17) is 4.98 Å². The molecule has 4 heteroatoms. The number of hydrogen-bond donors (Lipinski definition) is 1. The van der Waals surface area contributed by atoms with Crippen molar-refractivity contribution in [2.45, 2.75) is 33.2 Å². The molecule has 0 aliphatic carbocycles. The van der Waals surface area contributed by atoms with Crippen molar-refractivity contribution >= 4 is 10.9 Å². The van der Waals surface area contributed by atoms with Crippen molar-refractivity contribution in [1.29, 1.82) is 0 Å². The molecule has 2 aromatic carbocycles. The van der Waals surface area contributed by atoms with Crippen LogP contribution < -0.4 is 10.9 Å². The van der Waals surface area contributed by atoms with E-state index in [1.807, 2.05) is 54.6 Å². The Kier molecular flexibility index (Phi) is 5.29. The fraction of sp³-hybridized carbons (Fsp3) is 0.333. The molecule has 0 radical (unpaired) electrons. The third kappa shape index (κ3) is 3.64. The number of rotatable bonds is 6. The van der Waals surface area contributed by atoms with E-state index in [9.17, 15) is 4.79 Å². The second-order valence-corrected chi connectivity index (χ2v) is 6.84. The van der Waals surface area contributed by atoms with Crippen molar-refractivity contribution in [2.24, 2.45) is 5.92 Å². The Labute approximate surface area is 148 Å². The second kappa shape index (κ2) is 7.62. The molecule has 1 atom stereocenters. The quantitative estimate of drug-likeness (QED) is 0.752. The van der Waals surface area contributed by atoms with Crippen LogP contribution >= 0.6 is 0 Å². The molecule has 0 saturated heterocycles. The average Bonchev–Trinajstić information content (AvgIpc) is 2.63. The number of fused-ring (bicyclic) bond motifs is 1. The smallest absolute Gasteiger partial charge is 0.266 e. The zero-order valence-electron chi connectivity index (χ0n) is 15.1. The minimum atomic E-state index is 0.00296. The van der Waals surface area contributed by atoms with Gasteiger partial charge in [-0.3, -0.25) is 9.36 Å². The molecule has 2 N–H and O–H groups in total. The molecule has 130 valence electrons. The minimum absolute atomic E-state index is 0.00296. The Hall–Kier alpha value is -2.46. The predicted molar refractivity (Wildman–Crippen MR) is 102 cm³/mol. The zero-order chi connectivity index (χ0) is 17.8. The van der Waals surface area contributed by atoms with Crippen LogP contribution in [0.4, 0.5) is 0 Å². The highest BCUT2D eigenvalue weighted by Gasteiger charge is 2.22. The summed E-state index contributed by atoms with van der Waals surface area (Å²) in [4.78, 5) is 18.1. The predicted octanol–water partition coefficient (Wildman–Crippen LogP) is 3.06. The molecule has 0 spiro atoms. The summed E-state index contributed by atoms with van der Waals surface area (Å²) in [5, 5.41) is 2.97. The van der Waals surface area contributed by atoms with Crippen molar-refractivity contribution in [3.63, 3.8) is 0 Å². The molecule has 0 saturated carbocycles. The summed E-state index contributed by atoms with van der Waals surface area (Å²) in [6.45, 7) is 7.58. The van der Waals surface area contributed by atoms with Crippen LogP contribution in [0.2, 0.25) is 0 Å². The topological polar surface area (TPSA) is 51.5 Å². The highest BCUT2D eigenvalue weighted by atomic mass is 16.1. The van der Waals surface area contributed by atoms with Crippen LogP contribution in [-0.2, 0) is 0 Å². The van der Waals surface area contributed by atoms with Gasteiger partial charge in [-0.2, -0.15) is 0 Å². The number of benzene rings is 2. The van der Waals surface area contributed by atoms with E-state index in [-0.39, 0.29) is 11.6 Å². The van der Waals surface area contributed by atoms with Gasteiger partial charge in [-0.15, -0.1) is 0 Å². The van der Waals surface area contributed by atoms with Gasteiger partial charge in [0.2, 0.25) is 0 Å². The summed E-state index contributed by atoms with van der Waals surface area (Å²) in [7, 11) is 0. The third-order valence-electron chi connectivity index (χ3n) is 4.48. The van der Waals surface area contributed by atoms with Gasteiger partial charge in [0, 0.05) is 12.3 Å². The largest absolute Gasteiger partial charge is 0.337 e. The number of hydrogen-bond acceptors (Lipinski definition) is 2. The van der Waals surface area contributed by atoms with E-state index in [0.29, 0.717) is 11.3 Å². The summed E-state index contributed by atoms with van der Waals surface area (Å²) < 4.78 is 1.79. The number of nitrogens with zero attached hydrogens (tertiary/aromatic N) is 2. The molecule has 0 aliphatic rings. The Bertz CT molecular complexity index is 900. The standard InChI is InChI=1S/C21H25N3O/c1-4-18(22-14-15(2)3)20-23-19-13-9-8-12-17(19)21(25)24(20)16-10-6-5-7-11-16/h5-13,15,18,22H,4,14H2,1-3H3/p+1/t18-/m1/s1. The molecule has 3 rings (SSSR count). The highest BCUT2D eigenvalue weighted by Crippen LogP contribution is 2.18. The van der Waals surface area contributed by atoms with E-state index in [0.717, 1.165) is 30.0 Å². The maximum atomic E-state index is 13.2. The molecule has 0 fully saturated rings. The van der Waals surface area contributed by atoms with Gasteiger partial charge in [0.1, 0.15) is 6.04 Å². The van der Waals surface area contributed by atoms with Gasteiger partial charge in [0.05, 0.1) is 23.1 Å². The molecule has 25 heavy (non-hydrogen) atoms. The van der Waals surface area contributed by atoms with E-state index in [1.54, 1.807) is 4.57 Å². The fourth-order valence-electron chi connectivity index (χ4n) is 3.12. The lowest BCUT2D eigenvalue weighted by Crippen LogP contribution is -2.86. The summed E-state index contributed by atoms with van der Waals surface area (Å²) in [6, 6.07) is 17.6. The van der Waals surface area contributed by atoms with Crippen molar-refractivity contribution in [1.82, 2.24) is 9.55 Å². The normalized spacial score (nSPS) is 12.6. The van der Waals surface area contributed by atoms with Gasteiger partial charge in [0.15, 0.2) is 5.82 Å². The maximum Gasteiger partial charge on any atom is 0.266 e. The van der Waals surface area contributed by atoms with Crippen molar-refractivity contribution < 1.29 is 5.32 Å². The first kappa shape index (κ1) is 17.4. The van der Waals surface area contributed by atoms with E-state index < -0.39 is 0 Å². The van der Waals surface area contributed by atoms with Crippen molar-refractivity contribution in [3.05, 3.63) is 70.8 Å². The van der Waals surface area contributed by atoms with Crippen LogP contribution in [0, 0.1) is 5.92 Å². The van der Waals surface area contributed by atoms with Crippen LogP contribution in [0.3, 0.4) is 0 Å². The van der Waals surface area contributed by atoms with Crippen LogP contribution in [0.5, 0.6) is 0 Å². The molecule has 0 aliphatic heterocycles. The molecule has 1 heterocycles. The molecule has 0 unspecified atom stereocenters. The average molecular weight is 336 g/mol. The number of quaternary nitrogens is 1. The molecule has 0 bridgehead atoms. The first-order chi connectivity index (χ1) is 12.1. The highest BCUT2D eigenvalue weighted by molar-refractivity contribution is 5.77. The summed E-state index contributed by atoms with van der Waals surface area (Å²) in [5.41, 5.74) is 1.64. The van der Waals surface area contributed by atoms with Gasteiger partial charge >= 0.3 is 0 Å². The maximum absolute atomic E-state index is 13.2. The molecule has 3 aromatic rings. The van der Waals surface area contributed by atoms with E-state index >= 15 is 0 Å². The summed E-state index contributed by atoms with van der Waals surface area (Å²) >= 11 is 0. The van der Waals surface area contributed by atoms with Crippen molar-refractivity contribution in [3.8, 4) is 5.69 Å². The minimum Gasteiger partial charge on any atom is -0.337 e. The van der Waals surface area contributed by atoms with E-state index in [2.05, 4.69) is 26.1 Å². The fourth-order valence-corrected chi connectivity index (χ4v) is 3.12. The number of para-hydroxylation sites is 2. The molecular weight excluding hydrogens is 310 g/mol. The number of nitrogens with two attached hydrogens (primary N) is 1. The van der Waals surface area contributed by atoms with Gasteiger partial charge in [-0.05, 0) is 24.3 Å². The SMILES string of the molecule is CC[C@@H]([NH2+]CC(C)C)c1nc2ccccc2c(=O)n1-c1ccccc1. The van der Waals surface area contributed by atoms with E-state index in [1.165, 1.54) is 0 Å². The third-order valence-corrected chi connectivity index (χ3v) is 4.48. The lowest BCUT2D eigenvalue weighted by molar-refractivity contribution is -0.701. The lowest BCUT2D eigenvalue weighted by atomic mass is 10.1. The number of aromatic nitrogens is 2. The zero-order valence-corrected chi connectivity index (χ0v) is 15.1. The Morgan fingerprint density at radius 1 is 1.04 bits per heavy atom. The Balaban J connectivity index is 2.23. The first-order valence-corrected chi connectivity index (χ1v) is 9.02. The van der Waals surface area contributed by atoms with Gasteiger partial charge < -0.3 is 5.32 Å². The Morgan fingerprint density at radius 3 is 2.40 bits per heavy atom. The van der Waals surface area contributed by atoms with Crippen molar-refractivity contribution in [2.75, 3.05) is 6.54 Å².